The normalized spacial score (nSPS) is 17.6. The Balaban J connectivity index is 1.92. The highest BCUT2D eigenvalue weighted by molar-refractivity contribution is 6.32. The molecule has 6 nitrogen and oxygen atoms in total. The van der Waals surface area contributed by atoms with Crippen LogP contribution < -0.4 is 10.5 Å². The number of nitrogens with zero attached hydrogens (tertiary/aromatic N) is 2. The second-order valence-corrected chi connectivity index (χ2v) is 5.53. The molecule has 7 heteroatoms. The number of amides is 2. The summed E-state index contributed by atoms with van der Waals surface area (Å²) in [6.45, 7) is 0.753. The highest BCUT2D eigenvalue weighted by Gasteiger charge is 2.27. The molecule has 22 heavy (non-hydrogen) atoms. The van der Waals surface area contributed by atoms with E-state index in [9.17, 15) is 9.59 Å². The summed E-state index contributed by atoms with van der Waals surface area (Å²) in [7, 11) is 0. The van der Waals surface area contributed by atoms with E-state index in [1.54, 1.807) is 17.0 Å². The molecule has 0 saturated carbocycles. The van der Waals surface area contributed by atoms with Crippen LogP contribution in [0.4, 0.5) is 0 Å². The molecule has 0 aromatic heterocycles. The van der Waals surface area contributed by atoms with Crippen LogP contribution in [0.15, 0.2) is 18.2 Å². The molecular weight excluding hydrogens is 306 g/mol. The number of halogens is 1. The zero-order chi connectivity index (χ0) is 16.1. The van der Waals surface area contributed by atoms with Gasteiger partial charge in [0.15, 0.2) is 6.61 Å². The first kappa shape index (κ1) is 16.1. The van der Waals surface area contributed by atoms with Crippen molar-refractivity contribution in [3.63, 3.8) is 0 Å². The van der Waals surface area contributed by atoms with Crippen molar-refractivity contribution in [2.45, 2.75) is 12.8 Å². The number of hydrogen-bond acceptors (Lipinski definition) is 4. The lowest BCUT2D eigenvalue weighted by atomic mass is 9.97. The molecule has 2 amide bonds. The number of ether oxygens (including phenoxy) is 1. The van der Waals surface area contributed by atoms with Crippen molar-refractivity contribution in [3.8, 4) is 11.8 Å². The maximum atomic E-state index is 12.1. The number of carbonyl (C=O) groups is 2. The topological polar surface area (TPSA) is 96.4 Å². The van der Waals surface area contributed by atoms with E-state index in [-0.39, 0.29) is 29.4 Å². The van der Waals surface area contributed by atoms with Gasteiger partial charge in [-0.1, -0.05) is 11.6 Å². The number of carbonyl (C=O) groups excluding carboxylic acids is 2. The minimum absolute atomic E-state index is 0.170. The van der Waals surface area contributed by atoms with Gasteiger partial charge in [0.1, 0.15) is 5.75 Å². The summed E-state index contributed by atoms with van der Waals surface area (Å²) in [5, 5.41) is 9.04. The Morgan fingerprint density at radius 1 is 1.50 bits per heavy atom. The molecule has 1 aliphatic heterocycles. The average molecular weight is 322 g/mol. The molecular formula is C15H16ClN3O3. The molecule has 0 spiro atoms. The zero-order valence-corrected chi connectivity index (χ0v) is 12.7. The predicted octanol–water partition coefficient (Wildman–Crippen LogP) is 1.31. The number of hydrogen-bond donors (Lipinski definition) is 1. The van der Waals surface area contributed by atoms with Crippen molar-refractivity contribution in [3.05, 3.63) is 28.8 Å². The molecule has 1 aromatic rings. The summed E-state index contributed by atoms with van der Waals surface area (Å²) in [6.07, 6.45) is 1.46. The second-order valence-electron chi connectivity index (χ2n) is 5.13. The van der Waals surface area contributed by atoms with E-state index in [2.05, 4.69) is 0 Å². The number of primary amides is 1. The Labute approximate surface area is 133 Å². The van der Waals surface area contributed by atoms with Crippen molar-refractivity contribution >= 4 is 23.4 Å². The summed E-state index contributed by atoms with van der Waals surface area (Å²) in [5.74, 6) is -0.548. The molecule has 1 aliphatic rings. The van der Waals surface area contributed by atoms with Gasteiger partial charge in [0, 0.05) is 13.1 Å². The van der Waals surface area contributed by atoms with Gasteiger partial charge >= 0.3 is 0 Å². The van der Waals surface area contributed by atoms with Crippen molar-refractivity contribution in [2.75, 3.05) is 19.7 Å². The van der Waals surface area contributed by atoms with Crippen LogP contribution in [0, 0.1) is 17.2 Å². The number of nitriles is 1. The first-order valence-electron chi connectivity index (χ1n) is 6.91. The van der Waals surface area contributed by atoms with Gasteiger partial charge in [-0.25, -0.2) is 0 Å². The van der Waals surface area contributed by atoms with Crippen LogP contribution in [0.5, 0.6) is 5.75 Å². The lowest BCUT2D eigenvalue weighted by molar-refractivity contribution is -0.136. The van der Waals surface area contributed by atoms with Crippen molar-refractivity contribution in [2.24, 2.45) is 11.7 Å². The standard InChI is InChI=1S/C15H16ClN3O3/c16-12-6-10(7-17)3-4-13(12)22-9-14(20)19-5-1-2-11(8-19)15(18)21/h3-4,6,11H,1-2,5,8-9H2,(H2,18,21). The number of benzene rings is 1. The maximum absolute atomic E-state index is 12.1. The molecule has 1 aromatic carbocycles. The van der Waals surface area contributed by atoms with E-state index < -0.39 is 0 Å². The fraction of sp³-hybridized carbons (Fsp3) is 0.400. The van der Waals surface area contributed by atoms with Gasteiger partial charge in [-0.3, -0.25) is 9.59 Å². The lowest BCUT2D eigenvalue weighted by Crippen LogP contribution is -2.45. The molecule has 1 heterocycles. The van der Waals surface area contributed by atoms with Crippen LogP contribution in [0.2, 0.25) is 5.02 Å². The molecule has 116 valence electrons. The van der Waals surface area contributed by atoms with Gasteiger partial charge in [0.05, 0.1) is 22.6 Å². The monoisotopic (exact) mass is 321 g/mol. The maximum Gasteiger partial charge on any atom is 0.260 e. The van der Waals surface area contributed by atoms with Gasteiger partial charge in [0.2, 0.25) is 5.91 Å². The molecule has 1 saturated heterocycles. The molecule has 0 aliphatic carbocycles. The molecule has 0 bridgehead atoms. The van der Waals surface area contributed by atoms with Crippen LogP contribution in [-0.4, -0.2) is 36.4 Å². The SMILES string of the molecule is N#Cc1ccc(OCC(=O)N2CCCC(C(N)=O)C2)c(Cl)c1. The molecule has 2 N–H and O–H groups in total. The van der Waals surface area contributed by atoms with Gasteiger partial charge in [-0.15, -0.1) is 0 Å². The highest BCUT2D eigenvalue weighted by Crippen LogP contribution is 2.25. The second kappa shape index (κ2) is 7.14. The Bertz CT molecular complexity index is 627. The first-order valence-corrected chi connectivity index (χ1v) is 7.28. The first-order chi connectivity index (χ1) is 10.5. The van der Waals surface area contributed by atoms with E-state index in [1.807, 2.05) is 6.07 Å². The Hall–Kier alpha value is -2.26. The smallest absolute Gasteiger partial charge is 0.260 e. The largest absolute Gasteiger partial charge is 0.482 e. The molecule has 1 atom stereocenters. The van der Waals surface area contributed by atoms with Crippen LogP contribution in [0.1, 0.15) is 18.4 Å². The Morgan fingerprint density at radius 3 is 2.91 bits per heavy atom. The van der Waals surface area contributed by atoms with E-state index in [0.29, 0.717) is 30.8 Å². The quantitative estimate of drug-likeness (QED) is 0.904. The van der Waals surface area contributed by atoms with Gasteiger partial charge in [-0.05, 0) is 31.0 Å². The third-order valence-corrected chi connectivity index (χ3v) is 3.88. The van der Waals surface area contributed by atoms with E-state index in [4.69, 9.17) is 27.3 Å². The van der Waals surface area contributed by atoms with Crippen molar-refractivity contribution in [1.82, 2.24) is 4.90 Å². The fourth-order valence-electron chi connectivity index (χ4n) is 2.35. The van der Waals surface area contributed by atoms with Crippen LogP contribution in [0.3, 0.4) is 0 Å². The van der Waals surface area contributed by atoms with Gasteiger partial charge in [-0.2, -0.15) is 5.26 Å². The number of nitrogens with two attached hydrogens (primary N) is 1. The molecule has 2 rings (SSSR count). The van der Waals surface area contributed by atoms with Crippen LogP contribution >= 0.6 is 11.6 Å². The molecule has 1 unspecified atom stereocenters. The summed E-state index contributed by atoms with van der Waals surface area (Å²) in [6, 6.07) is 6.56. The number of rotatable bonds is 4. The third-order valence-electron chi connectivity index (χ3n) is 3.59. The van der Waals surface area contributed by atoms with Gasteiger partial charge in [0.25, 0.3) is 5.91 Å². The Morgan fingerprint density at radius 2 is 2.27 bits per heavy atom. The number of piperidine rings is 1. The summed E-state index contributed by atoms with van der Waals surface area (Å²) >= 11 is 5.98. The lowest BCUT2D eigenvalue weighted by Gasteiger charge is -2.31. The van der Waals surface area contributed by atoms with Crippen molar-refractivity contribution in [1.29, 1.82) is 5.26 Å². The minimum atomic E-state index is -0.381. The predicted molar refractivity (Wildman–Crippen MR) is 80.2 cm³/mol. The summed E-state index contributed by atoms with van der Waals surface area (Å²) in [4.78, 5) is 24.9. The van der Waals surface area contributed by atoms with Crippen LogP contribution in [0.25, 0.3) is 0 Å². The fourth-order valence-corrected chi connectivity index (χ4v) is 2.59. The zero-order valence-electron chi connectivity index (χ0n) is 11.9. The third kappa shape index (κ3) is 3.89. The summed E-state index contributed by atoms with van der Waals surface area (Å²) in [5.41, 5.74) is 5.71. The summed E-state index contributed by atoms with van der Waals surface area (Å²) < 4.78 is 5.40. The molecule has 1 fully saturated rings. The van der Waals surface area contributed by atoms with E-state index >= 15 is 0 Å². The van der Waals surface area contributed by atoms with Gasteiger partial charge < -0.3 is 15.4 Å². The average Bonchev–Trinajstić information content (AvgIpc) is 2.53. The Kier molecular flexibility index (Phi) is 5.23. The number of likely N-dealkylation sites (tertiary alicyclic amines) is 1. The van der Waals surface area contributed by atoms with E-state index in [1.165, 1.54) is 6.07 Å². The highest BCUT2D eigenvalue weighted by atomic mass is 35.5. The minimum Gasteiger partial charge on any atom is -0.482 e. The van der Waals surface area contributed by atoms with E-state index in [0.717, 1.165) is 6.42 Å². The van der Waals surface area contributed by atoms with Crippen LogP contribution in [-0.2, 0) is 9.59 Å². The molecule has 0 radical (unpaired) electrons. The van der Waals surface area contributed by atoms with Crippen molar-refractivity contribution < 1.29 is 14.3 Å².